The molecule has 1 amide bonds. The predicted molar refractivity (Wildman–Crippen MR) is 99.2 cm³/mol. The zero-order valence-corrected chi connectivity index (χ0v) is 16.2. The van der Waals surface area contributed by atoms with Crippen LogP contribution in [0.3, 0.4) is 0 Å². The van der Waals surface area contributed by atoms with Crippen LogP contribution < -0.4 is 9.47 Å². The summed E-state index contributed by atoms with van der Waals surface area (Å²) in [5, 5.41) is 9.51. The Bertz CT molecular complexity index is 662. The second-order valence-corrected chi connectivity index (χ2v) is 7.36. The van der Waals surface area contributed by atoms with Crippen LogP contribution in [0.5, 0.6) is 11.5 Å². The number of aliphatic carboxylic acids is 1. The van der Waals surface area contributed by atoms with Crippen LogP contribution in [0, 0.1) is 11.8 Å². The molecule has 0 aliphatic carbocycles. The van der Waals surface area contributed by atoms with Crippen LogP contribution in [0.15, 0.2) is 12.1 Å². The Labute approximate surface area is 159 Å². The van der Waals surface area contributed by atoms with E-state index in [1.807, 2.05) is 0 Å². The van der Waals surface area contributed by atoms with Gasteiger partial charge >= 0.3 is 5.97 Å². The highest BCUT2D eigenvalue weighted by molar-refractivity contribution is 6.32. The number of ether oxygens (including phenoxy) is 2. The molecule has 0 aromatic heterocycles. The van der Waals surface area contributed by atoms with Gasteiger partial charge in [0.15, 0.2) is 11.5 Å². The lowest BCUT2D eigenvalue weighted by Crippen LogP contribution is -2.42. The number of hydrogen-bond acceptors (Lipinski definition) is 4. The molecule has 1 aliphatic rings. The van der Waals surface area contributed by atoms with Crippen LogP contribution in [-0.2, 0) is 4.79 Å². The number of carboxylic acids is 1. The third kappa shape index (κ3) is 5.04. The van der Waals surface area contributed by atoms with Gasteiger partial charge in [0.1, 0.15) is 0 Å². The van der Waals surface area contributed by atoms with Crippen LogP contribution in [0.1, 0.15) is 43.5 Å². The SMILES string of the molecule is COc1cc(C(=O)N2CCC[C@H](C(=O)O)C2)cc(Cl)c1OCCC(C)C. The highest BCUT2D eigenvalue weighted by Gasteiger charge is 2.29. The molecule has 0 unspecified atom stereocenters. The summed E-state index contributed by atoms with van der Waals surface area (Å²) in [4.78, 5) is 25.6. The number of hydrogen-bond donors (Lipinski definition) is 1. The van der Waals surface area contributed by atoms with Crippen LogP contribution in [0.4, 0.5) is 0 Å². The Kier molecular flexibility index (Phi) is 7.14. The van der Waals surface area contributed by atoms with Gasteiger partial charge in [-0.25, -0.2) is 0 Å². The topological polar surface area (TPSA) is 76.1 Å². The number of amides is 1. The molecule has 26 heavy (non-hydrogen) atoms. The monoisotopic (exact) mass is 383 g/mol. The van der Waals surface area contributed by atoms with Crippen molar-refractivity contribution in [1.29, 1.82) is 0 Å². The second-order valence-electron chi connectivity index (χ2n) is 6.95. The van der Waals surface area contributed by atoms with E-state index in [4.69, 9.17) is 21.1 Å². The van der Waals surface area contributed by atoms with E-state index in [-0.39, 0.29) is 12.5 Å². The molecule has 1 atom stereocenters. The number of rotatable bonds is 7. The Morgan fingerprint density at radius 3 is 2.73 bits per heavy atom. The fourth-order valence-electron chi connectivity index (χ4n) is 2.93. The standard InChI is InChI=1S/C19H26ClNO5/c1-12(2)6-8-26-17-15(20)9-14(10-16(17)25-3)18(22)21-7-4-5-13(11-21)19(23)24/h9-10,12-13H,4-8,11H2,1-3H3,(H,23,24)/t13-/m0/s1. The lowest BCUT2D eigenvalue weighted by molar-refractivity contribution is -0.143. The number of halogens is 1. The van der Waals surface area contributed by atoms with Crippen LogP contribution in [0.2, 0.25) is 5.02 Å². The number of benzene rings is 1. The molecular weight excluding hydrogens is 358 g/mol. The first-order chi connectivity index (χ1) is 12.3. The lowest BCUT2D eigenvalue weighted by Gasteiger charge is -2.31. The molecule has 144 valence electrons. The molecule has 1 aromatic carbocycles. The van der Waals surface area contributed by atoms with E-state index in [1.165, 1.54) is 7.11 Å². The van der Waals surface area contributed by atoms with Gasteiger partial charge in [-0.3, -0.25) is 9.59 Å². The van der Waals surface area contributed by atoms with E-state index in [1.54, 1.807) is 17.0 Å². The maximum atomic E-state index is 12.8. The van der Waals surface area contributed by atoms with Crippen molar-refractivity contribution in [3.8, 4) is 11.5 Å². The van der Waals surface area contributed by atoms with Crippen molar-refractivity contribution in [2.24, 2.45) is 11.8 Å². The summed E-state index contributed by atoms with van der Waals surface area (Å²) in [7, 11) is 1.50. The van der Waals surface area contributed by atoms with Crippen molar-refractivity contribution in [2.75, 3.05) is 26.8 Å². The number of carbonyl (C=O) groups excluding carboxylic acids is 1. The molecular formula is C19H26ClNO5. The molecule has 1 heterocycles. The average molecular weight is 384 g/mol. The first-order valence-corrected chi connectivity index (χ1v) is 9.23. The van der Waals surface area contributed by atoms with Gasteiger partial charge in [0, 0.05) is 18.7 Å². The molecule has 1 aromatic rings. The highest BCUT2D eigenvalue weighted by atomic mass is 35.5. The Morgan fingerprint density at radius 1 is 1.38 bits per heavy atom. The maximum Gasteiger partial charge on any atom is 0.308 e. The largest absolute Gasteiger partial charge is 0.493 e. The number of nitrogens with zero attached hydrogens (tertiary/aromatic N) is 1. The van der Waals surface area contributed by atoms with Crippen LogP contribution in [-0.4, -0.2) is 48.7 Å². The number of carboxylic acid groups (broad SMARTS) is 1. The normalized spacial score (nSPS) is 17.3. The number of methoxy groups -OCH3 is 1. The third-order valence-electron chi connectivity index (χ3n) is 4.48. The highest BCUT2D eigenvalue weighted by Crippen LogP contribution is 2.37. The quantitative estimate of drug-likeness (QED) is 0.776. The average Bonchev–Trinajstić information content (AvgIpc) is 2.61. The molecule has 1 N–H and O–H groups in total. The summed E-state index contributed by atoms with van der Waals surface area (Å²) < 4.78 is 11.1. The van der Waals surface area contributed by atoms with Gasteiger partial charge in [0.05, 0.1) is 24.7 Å². The van der Waals surface area contributed by atoms with E-state index in [9.17, 15) is 14.7 Å². The van der Waals surface area contributed by atoms with E-state index >= 15 is 0 Å². The van der Waals surface area contributed by atoms with Gasteiger partial charge in [-0.1, -0.05) is 25.4 Å². The van der Waals surface area contributed by atoms with E-state index < -0.39 is 11.9 Å². The number of likely N-dealkylation sites (tertiary alicyclic amines) is 1. The second kappa shape index (κ2) is 9.12. The number of carbonyl (C=O) groups is 2. The van der Waals surface area contributed by atoms with Crippen molar-refractivity contribution in [1.82, 2.24) is 4.90 Å². The molecule has 7 heteroatoms. The van der Waals surface area contributed by atoms with Gasteiger partial charge < -0.3 is 19.5 Å². The number of piperidine rings is 1. The van der Waals surface area contributed by atoms with Gasteiger partial charge in [-0.15, -0.1) is 0 Å². The Morgan fingerprint density at radius 2 is 2.12 bits per heavy atom. The summed E-state index contributed by atoms with van der Waals surface area (Å²) >= 11 is 6.32. The maximum absolute atomic E-state index is 12.8. The van der Waals surface area contributed by atoms with Crippen molar-refractivity contribution in [3.05, 3.63) is 22.7 Å². The molecule has 1 fully saturated rings. The summed E-state index contributed by atoms with van der Waals surface area (Å²) in [6, 6.07) is 3.16. The summed E-state index contributed by atoms with van der Waals surface area (Å²) in [5.74, 6) is -0.313. The Balaban J connectivity index is 2.17. The first-order valence-electron chi connectivity index (χ1n) is 8.85. The molecule has 2 rings (SSSR count). The molecule has 0 spiro atoms. The van der Waals surface area contributed by atoms with E-state index in [0.717, 1.165) is 6.42 Å². The van der Waals surface area contributed by atoms with E-state index in [2.05, 4.69) is 13.8 Å². The first kappa shape index (κ1) is 20.4. The molecule has 0 saturated carbocycles. The van der Waals surface area contributed by atoms with Crippen LogP contribution >= 0.6 is 11.6 Å². The molecule has 1 aliphatic heterocycles. The summed E-state index contributed by atoms with van der Waals surface area (Å²) in [5.41, 5.74) is 0.370. The minimum absolute atomic E-state index is 0.209. The zero-order valence-electron chi connectivity index (χ0n) is 15.5. The summed E-state index contributed by atoms with van der Waals surface area (Å²) in [6.45, 7) is 5.46. The van der Waals surface area contributed by atoms with Gasteiger partial charge in [-0.05, 0) is 37.3 Å². The molecule has 1 saturated heterocycles. The fourth-order valence-corrected chi connectivity index (χ4v) is 3.19. The van der Waals surface area contributed by atoms with Crippen LogP contribution in [0.25, 0.3) is 0 Å². The smallest absolute Gasteiger partial charge is 0.308 e. The van der Waals surface area contributed by atoms with Crippen molar-refractivity contribution < 1.29 is 24.2 Å². The van der Waals surface area contributed by atoms with Gasteiger partial charge in [-0.2, -0.15) is 0 Å². The van der Waals surface area contributed by atoms with Crippen molar-refractivity contribution in [2.45, 2.75) is 33.1 Å². The third-order valence-corrected chi connectivity index (χ3v) is 4.76. The fraction of sp³-hybridized carbons (Fsp3) is 0.579. The van der Waals surface area contributed by atoms with Gasteiger partial charge in [0.2, 0.25) is 0 Å². The van der Waals surface area contributed by atoms with Crippen molar-refractivity contribution in [3.63, 3.8) is 0 Å². The minimum atomic E-state index is -0.869. The minimum Gasteiger partial charge on any atom is -0.493 e. The summed E-state index contributed by atoms with van der Waals surface area (Å²) in [6.07, 6.45) is 2.14. The van der Waals surface area contributed by atoms with Gasteiger partial charge in [0.25, 0.3) is 5.91 Å². The molecule has 6 nitrogen and oxygen atoms in total. The molecule has 0 radical (unpaired) electrons. The Hall–Kier alpha value is -1.95. The van der Waals surface area contributed by atoms with Crippen molar-refractivity contribution >= 4 is 23.5 Å². The lowest BCUT2D eigenvalue weighted by atomic mass is 9.97. The predicted octanol–water partition coefficient (Wildman–Crippen LogP) is 3.71. The zero-order chi connectivity index (χ0) is 19.3. The molecule has 0 bridgehead atoms. The van der Waals surface area contributed by atoms with E-state index in [0.29, 0.717) is 54.0 Å².